The lowest BCUT2D eigenvalue weighted by Crippen LogP contribution is -2.30. The highest BCUT2D eigenvalue weighted by Crippen LogP contribution is 2.13. The molecule has 0 N–H and O–H groups in total. The predicted octanol–water partition coefficient (Wildman–Crippen LogP) is 18.6. The van der Waals surface area contributed by atoms with Gasteiger partial charge in [0.1, 0.15) is 13.2 Å². The fourth-order valence-corrected chi connectivity index (χ4v) is 7.03. The Hall–Kier alpha value is -4.45. The molecule has 0 spiro atoms. The summed E-state index contributed by atoms with van der Waals surface area (Å²) in [6, 6.07) is 0. The molecule has 0 radical (unpaired) electrons. The molecule has 388 valence electrons. The summed E-state index contributed by atoms with van der Waals surface area (Å²) >= 11 is 0. The predicted molar refractivity (Wildman–Crippen MR) is 297 cm³/mol. The molecule has 0 aliphatic heterocycles. The molecule has 0 heterocycles. The second-order valence-electron chi connectivity index (χ2n) is 17.7. The van der Waals surface area contributed by atoms with Crippen LogP contribution in [-0.2, 0) is 28.6 Å². The smallest absolute Gasteiger partial charge is 0.306 e. The lowest BCUT2D eigenvalue weighted by Gasteiger charge is -2.18. The van der Waals surface area contributed by atoms with Crippen LogP contribution in [0, 0.1) is 0 Å². The normalized spacial score (nSPS) is 13.1. The molecule has 0 aromatic carbocycles. The number of carbonyl (C=O) groups excluding carboxylic acids is 3. The molecule has 0 fully saturated rings. The number of hydrogen-bond donors (Lipinski definition) is 0. The van der Waals surface area contributed by atoms with Gasteiger partial charge in [-0.15, -0.1) is 0 Å². The molecule has 0 aliphatic rings. The molecular weight excluding hydrogens is 853 g/mol. The molecule has 69 heavy (non-hydrogen) atoms. The van der Waals surface area contributed by atoms with E-state index in [2.05, 4.69) is 154 Å². The number of allylic oxidation sites excluding steroid dienone is 22. The van der Waals surface area contributed by atoms with Crippen molar-refractivity contribution in [2.24, 2.45) is 0 Å². The van der Waals surface area contributed by atoms with Gasteiger partial charge in [-0.1, -0.05) is 212 Å². The Labute approximate surface area is 424 Å². The van der Waals surface area contributed by atoms with E-state index in [-0.39, 0.29) is 37.5 Å². The monoisotopic (exact) mass is 953 g/mol. The Bertz CT molecular complexity index is 1510. The van der Waals surface area contributed by atoms with E-state index in [9.17, 15) is 14.4 Å². The first kappa shape index (κ1) is 64.5. The minimum atomic E-state index is -0.821. The Morgan fingerprint density at radius 2 is 0.580 bits per heavy atom. The van der Waals surface area contributed by atoms with Crippen molar-refractivity contribution in [3.8, 4) is 0 Å². The summed E-state index contributed by atoms with van der Waals surface area (Å²) in [5.41, 5.74) is 0. The van der Waals surface area contributed by atoms with Crippen LogP contribution >= 0.6 is 0 Å². The third-order valence-corrected chi connectivity index (χ3v) is 11.1. The third-order valence-electron chi connectivity index (χ3n) is 11.1. The lowest BCUT2D eigenvalue weighted by molar-refractivity contribution is -0.167. The van der Waals surface area contributed by atoms with Crippen molar-refractivity contribution >= 4 is 17.9 Å². The van der Waals surface area contributed by atoms with Crippen molar-refractivity contribution in [3.05, 3.63) is 134 Å². The molecule has 0 saturated heterocycles. The molecule has 0 aromatic rings. The quantitative estimate of drug-likeness (QED) is 0.0262. The molecule has 0 aliphatic carbocycles. The maximum atomic E-state index is 12.8. The third kappa shape index (κ3) is 54.4. The van der Waals surface area contributed by atoms with Crippen LogP contribution < -0.4 is 0 Å². The largest absolute Gasteiger partial charge is 0.462 e. The fraction of sp³-hybridized carbons (Fsp3) is 0.603. The first-order chi connectivity index (χ1) is 34.0. The van der Waals surface area contributed by atoms with Crippen LogP contribution in [0.5, 0.6) is 0 Å². The van der Waals surface area contributed by atoms with Gasteiger partial charge in [0.05, 0.1) is 0 Å². The van der Waals surface area contributed by atoms with E-state index in [0.29, 0.717) is 19.3 Å². The van der Waals surface area contributed by atoms with Gasteiger partial charge < -0.3 is 14.2 Å². The topological polar surface area (TPSA) is 78.9 Å². The first-order valence-electron chi connectivity index (χ1n) is 27.7. The van der Waals surface area contributed by atoms with Crippen LogP contribution in [0.1, 0.15) is 226 Å². The molecule has 0 unspecified atom stereocenters. The number of rotatable bonds is 48. The van der Waals surface area contributed by atoms with Gasteiger partial charge >= 0.3 is 17.9 Å². The van der Waals surface area contributed by atoms with Crippen molar-refractivity contribution in [1.29, 1.82) is 0 Å². The summed E-state index contributed by atoms with van der Waals surface area (Å²) in [4.78, 5) is 38.1. The van der Waals surface area contributed by atoms with Crippen molar-refractivity contribution in [2.75, 3.05) is 13.2 Å². The number of unbranched alkanes of at least 4 members (excludes halogenated alkanes) is 15. The van der Waals surface area contributed by atoms with Gasteiger partial charge in [0.2, 0.25) is 0 Å². The second-order valence-corrected chi connectivity index (χ2v) is 17.7. The van der Waals surface area contributed by atoms with Gasteiger partial charge in [-0.3, -0.25) is 14.4 Å². The van der Waals surface area contributed by atoms with Crippen LogP contribution in [0.15, 0.2) is 134 Å². The molecule has 6 nitrogen and oxygen atoms in total. The van der Waals surface area contributed by atoms with E-state index in [1.54, 1.807) is 0 Å². The minimum Gasteiger partial charge on any atom is -0.462 e. The maximum absolute atomic E-state index is 12.8. The summed E-state index contributed by atoms with van der Waals surface area (Å²) in [6.07, 6.45) is 78.7. The number of carbonyl (C=O) groups is 3. The number of esters is 3. The van der Waals surface area contributed by atoms with E-state index in [4.69, 9.17) is 14.2 Å². The summed E-state index contributed by atoms with van der Waals surface area (Å²) in [5, 5.41) is 0. The van der Waals surface area contributed by atoms with Crippen LogP contribution in [0.25, 0.3) is 0 Å². The van der Waals surface area contributed by atoms with Gasteiger partial charge in [-0.05, 0) is 128 Å². The second kappa shape index (κ2) is 56.1. The minimum absolute atomic E-state index is 0.116. The van der Waals surface area contributed by atoms with Crippen molar-refractivity contribution in [3.63, 3.8) is 0 Å². The van der Waals surface area contributed by atoms with E-state index in [0.717, 1.165) is 128 Å². The fourth-order valence-electron chi connectivity index (χ4n) is 7.03. The van der Waals surface area contributed by atoms with Gasteiger partial charge in [-0.2, -0.15) is 0 Å². The van der Waals surface area contributed by atoms with Gasteiger partial charge in [0, 0.05) is 19.3 Å². The highest BCUT2D eigenvalue weighted by atomic mass is 16.6. The van der Waals surface area contributed by atoms with Crippen LogP contribution in [0.3, 0.4) is 0 Å². The maximum Gasteiger partial charge on any atom is 0.306 e. The van der Waals surface area contributed by atoms with Crippen molar-refractivity contribution in [2.45, 2.75) is 232 Å². The van der Waals surface area contributed by atoms with Crippen molar-refractivity contribution in [1.82, 2.24) is 0 Å². The van der Waals surface area contributed by atoms with Crippen LogP contribution in [0.2, 0.25) is 0 Å². The van der Waals surface area contributed by atoms with Gasteiger partial charge in [-0.25, -0.2) is 0 Å². The average molecular weight is 953 g/mol. The highest BCUT2D eigenvalue weighted by molar-refractivity contribution is 5.71. The SMILES string of the molecule is CC/C=C\C/C=C\C/C=C\C/C=C\C/C=C\CCCC(=O)OC[C@H](COC(=O)CCCCCC/C=C\C/C=C\C/C=C\C/C=C\CC)OC(=O)CCCCCCCCC/C=C\C/C=C\CCCCC. The van der Waals surface area contributed by atoms with E-state index in [1.165, 1.54) is 51.4 Å². The zero-order chi connectivity index (χ0) is 50.0. The van der Waals surface area contributed by atoms with E-state index < -0.39 is 6.10 Å². The Balaban J connectivity index is 4.56. The first-order valence-corrected chi connectivity index (χ1v) is 27.7. The molecule has 0 amide bonds. The van der Waals surface area contributed by atoms with Gasteiger partial charge in [0.15, 0.2) is 6.10 Å². The molecular formula is C63H100O6. The van der Waals surface area contributed by atoms with Crippen LogP contribution in [-0.4, -0.2) is 37.2 Å². The summed E-state index contributed by atoms with van der Waals surface area (Å²) < 4.78 is 16.8. The standard InChI is InChI=1S/C63H100O6/c1-4-7-10-13-16-19-22-25-28-31-34-37-40-43-46-49-52-55-61(64)67-58-60(69-63(66)57-54-51-48-45-42-39-36-33-30-27-24-21-18-15-12-9-6-3)59-68-62(65)56-53-50-47-44-41-38-35-32-29-26-23-20-17-14-11-8-5-2/h7-8,10-11,16-21,25-30,34-35,37-38,43,46,60H,4-6,9,12-15,22-24,31-33,36,39-42,44-45,47-59H2,1-3H3/b10-7-,11-8-,19-16-,20-17-,21-18-,28-25-,29-26-,30-27-,37-34-,38-35-,46-43-/t60-/m1/s1. The molecule has 6 heteroatoms. The Morgan fingerprint density at radius 1 is 0.304 bits per heavy atom. The van der Waals surface area contributed by atoms with E-state index in [1.807, 2.05) is 0 Å². The summed E-state index contributed by atoms with van der Waals surface area (Å²) in [7, 11) is 0. The zero-order valence-corrected chi connectivity index (χ0v) is 44.3. The summed E-state index contributed by atoms with van der Waals surface area (Å²) in [5.74, 6) is -1.01. The molecule has 0 rings (SSSR count). The average Bonchev–Trinajstić information content (AvgIpc) is 3.35. The number of hydrogen-bond acceptors (Lipinski definition) is 6. The molecule has 0 bridgehead atoms. The van der Waals surface area contributed by atoms with Crippen LogP contribution in [0.4, 0.5) is 0 Å². The van der Waals surface area contributed by atoms with Crippen molar-refractivity contribution < 1.29 is 28.6 Å². The summed E-state index contributed by atoms with van der Waals surface area (Å²) in [6.45, 7) is 6.30. The van der Waals surface area contributed by atoms with E-state index >= 15 is 0 Å². The highest BCUT2D eigenvalue weighted by Gasteiger charge is 2.19. The Kier molecular flexibility index (Phi) is 52.5. The Morgan fingerprint density at radius 3 is 0.942 bits per heavy atom. The lowest BCUT2D eigenvalue weighted by atomic mass is 10.1. The zero-order valence-electron chi connectivity index (χ0n) is 44.3. The molecule has 1 atom stereocenters. The number of ether oxygens (including phenoxy) is 3. The van der Waals surface area contributed by atoms with Gasteiger partial charge in [0.25, 0.3) is 0 Å². The molecule has 0 saturated carbocycles. The molecule has 0 aromatic heterocycles.